The van der Waals surface area contributed by atoms with Gasteiger partial charge in [0.05, 0.1) is 5.60 Å². The summed E-state index contributed by atoms with van der Waals surface area (Å²) in [4.78, 5) is 16.9. The summed E-state index contributed by atoms with van der Waals surface area (Å²) in [6.07, 6.45) is -4.30. The van der Waals surface area contributed by atoms with E-state index in [2.05, 4.69) is 9.72 Å². The van der Waals surface area contributed by atoms with Crippen LogP contribution in [0.1, 0.15) is 28.9 Å². The van der Waals surface area contributed by atoms with E-state index in [0.29, 0.717) is 24.5 Å². The van der Waals surface area contributed by atoms with Gasteiger partial charge in [-0.15, -0.1) is 13.2 Å². The van der Waals surface area contributed by atoms with Crippen LogP contribution in [0, 0.1) is 0 Å². The smallest absolute Gasteiger partial charge is 0.477 e. The first-order chi connectivity index (χ1) is 12.7. The summed E-state index contributed by atoms with van der Waals surface area (Å²) in [6.45, 7) is 0.744. The number of carboxylic acids is 1. The molecule has 0 atom stereocenters. The van der Waals surface area contributed by atoms with E-state index >= 15 is 0 Å². The zero-order valence-corrected chi connectivity index (χ0v) is 14.1. The van der Waals surface area contributed by atoms with Crippen molar-refractivity contribution in [2.24, 2.45) is 0 Å². The Bertz CT molecular complexity index is 833. The zero-order chi connectivity index (χ0) is 19.7. The maximum atomic E-state index is 12.4. The Balaban J connectivity index is 1.73. The van der Waals surface area contributed by atoms with Crippen molar-refractivity contribution in [3.05, 3.63) is 53.7 Å². The molecule has 2 heterocycles. The fourth-order valence-corrected chi connectivity index (χ4v) is 3.10. The summed E-state index contributed by atoms with van der Waals surface area (Å²) in [5.41, 5.74) is -1.03. The highest BCUT2D eigenvalue weighted by molar-refractivity contribution is 5.85. The number of halogens is 3. The minimum atomic E-state index is -4.80. The highest BCUT2D eigenvalue weighted by Gasteiger charge is 2.36. The molecule has 0 radical (unpaired) electrons. The topological polar surface area (TPSA) is 82.9 Å². The second-order valence-corrected chi connectivity index (χ2v) is 6.28. The monoisotopic (exact) mass is 382 g/mol. The molecule has 3 rings (SSSR count). The van der Waals surface area contributed by atoms with Crippen LogP contribution in [-0.4, -0.2) is 40.6 Å². The summed E-state index contributed by atoms with van der Waals surface area (Å²) in [5, 5.41) is 19.9. The minimum Gasteiger partial charge on any atom is -0.477 e. The van der Waals surface area contributed by atoms with Crippen molar-refractivity contribution in [2.45, 2.75) is 24.8 Å². The maximum Gasteiger partial charge on any atom is 0.573 e. The number of aromatic carboxylic acids is 1. The molecule has 1 aliphatic heterocycles. The number of anilines is 1. The van der Waals surface area contributed by atoms with Crippen LogP contribution < -0.4 is 9.64 Å². The van der Waals surface area contributed by atoms with Gasteiger partial charge in [0.25, 0.3) is 0 Å². The first kappa shape index (κ1) is 19.0. The molecule has 1 fully saturated rings. The number of ether oxygens (including phenoxy) is 1. The second-order valence-electron chi connectivity index (χ2n) is 6.28. The number of benzene rings is 1. The lowest BCUT2D eigenvalue weighted by atomic mass is 9.84. The number of rotatable bonds is 4. The Hall–Kier alpha value is -2.81. The summed E-state index contributed by atoms with van der Waals surface area (Å²) < 4.78 is 41.1. The highest BCUT2D eigenvalue weighted by atomic mass is 19.4. The molecule has 1 saturated heterocycles. The van der Waals surface area contributed by atoms with Gasteiger partial charge in [0.1, 0.15) is 11.6 Å². The molecule has 0 spiro atoms. The van der Waals surface area contributed by atoms with Crippen LogP contribution in [0.2, 0.25) is 0 Å². The van der Waals surface area contributed by atoms with Gasteiger partial charge in [-0.1, -0.05) is 18.2 Å². The van der Waals surface area contributed by atoms with Gasteiger partial charge in [-0.2, -0.15) is 0 Å². The number of aromatic nitrogens is 1. The third-order valence-corrected chi connectivity index (χ3v) is 4.47. The number of hydrogen-bond donors (Lipinski definition) is 2. The molecular weight excluding hydrogens is 365 g/mol. The van der Waals surface area contributed by atoms with Crippen molar-refractivity contribution in [3.8, 4) is 5.75 Å². The fraction of sp³-hybridized carbons (Fsp3) is 0.333. The van der Waals surface area contributed by atoms with Crippen LogP contribution in [0.25, 0.3) is 0 Å². The van der Waals surface area contributed by atoms with E-state index in [-0.39, 0.29) is 24.3 Å². The Morgan fingerprint density at radius 2 is 1.81 bits per heavy atom. The molecule has 144 valence electrons. The number of carboxylic acid groups (broad SMARTS) is 1. The summed E-state index contributed by atoms with van der Waals surface area (Å²) >= 11 is 0. The molecule has 0 aliphatic carbocycles. The molecule has 1 aliphatic rings. The van der Waals surface area contributed by atoms with Gasteiger partial charge in [0, 0.05) is 13.1 Å². The van der Waals surface area contributed by atoms with Crippen LogP contribution in [-0.2, 0) is 5.60 Å². The lowest BCUT2D eigenvalue weighted by Crippen LogP contribution is -2.43. The van der Waals surface area contributed by atoms with E-state index in [1.165, 1.54) is 24.3 Å². The summed E-state index contributed by atoms with van der Waals surface area (Å²) in [5.74, 6) is -1.04. The molecule has 2 N–H and O–H groups in total. The van der Waals surface area contributed by atoms with Gasteiger partial charge >= 0.3 is 12.3 Å². The number of alkyl halides is 3. The van der Waals surface area contributed by atoms with Gasteiger partial charge in [-0.3, -0.25) is 0 Å². The predicted octanol–water partition coefficient (Wildman–Crippen LogP) is 3.17. The number of nitrogens with zero attached hydrogens (tertiary/aromatic N) is 2. The SMILES string of the molecule is O=C(O)c1cccc(N2CCC(O)(c3cccc(OC(F)(F)F)c3)CC2)n1. The third kappa shape index (κ3) is 4.48. The lowest BCUT2D eigenvalue weighted by molar-refractivity contribution is -0.274. The van der Waals surface area contributed by atoms with Crippen LogP contribution >= 0.6 is 0 Å². The van der Waals surface area contributed by atoms with E-state index in [9.17, 15) is 23.1 Å². The third-order valence-electron chi connectivity index (χ3n) is 4.47. The van der Waals surface area contributed by atoms with E-state index in [1.54, 1.807) is 18.2 Å². The van der Waals surface area contributed by atoms with Gasteiger partial charge in [-0.25, -0.2) is 9.78 Å². The quantitative estimate of drug-likeness (QED) is 0.845. The molecule has 9 heteroatoms. The van der Waals surface area contributed by atoms with Crippen molar-refractivity contribution in [3.63, 3.8) is 0 Å². The Morgan fingerprint density at radius 1 is 1.15 bits per heavy atom. The van der Waals surface area contributed by atoms with Crippen LogP contribution in [0.5, 0.6) is 5.75 Å². The molecule has 0 amide bonds. The van der Waals surface area contributed by atoms with Gasteiger partial charge in [0.2, 0.25) is 0 Å². The molecule has 6 nitrogen and oxygen atoms in total. The van der Waals surface area contributed by atoms with Crippen molar-refractivity contribution >= 4 is 11.8 Å². The molecule has 1 aromatic heterocycles. The fourth-order valence-electron chi connectivity index (χ4n) is 3.10. The van der Waals surface area contributed by atoms with E-state index in [4.69, 9.17) is 5.11 Å². The molecule has 27 heavy (non-hydrogen) atoms. The minimum absolute atomic E-state index is 0.0784. The summed E-state index contributed by atoms with van der Waals surface area (Å²) in [6, 6.07) is 9.97. The number of pyridine rings is 1. The Kier molecular flexibility index (Phi) is 4.97. The van der Waals surface area contributed by atoms with E-state index in [0.717, 1.165) is 0 Å². The van der Waals surface area contributed by atoms with Crippen molar-refractivity contribution < 1.29 is 32.9 Å². The normalized spacial score (nSPS) is 16.8. The standard InChI is InChI=1S/C18H17F3N2O4/c19-18(20,21)27-13-4-1-3-12(11-13)17(26)7-9-23(10-8-17)15-6-2-5-14(22-15)16(24)25/h1-6,11,26H,7-10H2,(H,24,25). The highest BCUT2D eigenvalue weighted by Crippen LogP contribution is 2.36. The van der Waals surface area contributed by atoms with E-state index in [1.807, 2.05) is 4.90 Å². The molecule has 1 aromatic carbocycles. The van der Waals surface area contributed by atoms with Gasteiger partial charge in [0.15, 0.2) is 5.69 Å². The number of aliphatic hydroxyl groups is 1. The van der Waals surface area contributed by atoms with Crippen LogP contribution in [0.3, 0.4) is 0 Å². The van der Waals surface area contributed by atoms with Gasteiger partial charge < -0.3 is 19.8 Å². The summed E-state index contributed by atoms with van der Waals surface area (Å²) in [7, 11) is 0. The number of carbonyl (C=O) groups is 1. The molecular formula is C18H17F3N2O4. The number of piperidine rings is 1. The van der Waals surface area contributed by atoms with Crippen molar-refractivity contribution in [2.75, 3.05) is 18.0 Å². The predicted molar refractivity (Wildman–Crippen MR) is 89.7 cm³/mol. The Labute approximate surface area is 152 Å². The lowest BCUT2D eigenvalue weighted by Gasteiger charge is -2.39. The average molecular weight is 382 g/mol. The molecule has 0 bridgehead atoms. The average Bonchev–Trinajstić information content (AvgIpc) is 2.61. The first-order valence-corrected chi connectivity index (χ1v) is 8.20. The zero-order valence-electron chi connectivity index (χ0n) is 14.1. The molecule has 2 aromatic rings. The first-order valence-electron chi connectivity index (χ1n) is 8.20. The van der Waals surface area contributed by atoms with Crippen LogP contribution in [0.4, 0.5) is 19.0 Å². The second kappa shape index (κ2) is 7.07. The van der Waals surface area contributed by atoms with Crippen molar-refractivity contribution in [1.29, 1.82) is 0 Å². The molecule has 0 saturated carbocycles. The Morgan fingerprint density at radius 3 is 2.44 bits per heavy atom. The molecule has 0 unspecified atom stereocenters. The maximum absolute atomic E-state index is 12.4. The largest absolute Gasteiger partial charge is 0.573 e. The van der Waals surface area contributed by atoms with Crippen LogP contribution in [0.15, 0.2) is 42.5 Å². The number of hydrogen-bond acceptors (Lipinski definition) is 5. The van der Waals surface area contributed by atoms with Crippen molar-refractivity contribution in [1.82, 2.24) is 4.98 Å². The van der Waals surface area contributed by atoms with Gasteiger partial charge in [-0.05, 0) is 42.7 Å². The van der Waals surface area contributed by atoms with E-state index < -0.39 is 17.9 Å².